The van der Waals surface area contributed by atoms with Gasteiger partial charge in [0.1, 0.15) is 0 Å². The monoisotopic (exact) mass is 275 g/mol. The van der Waals surface area contributed by atoms with Gasteiger partial charge in [0.15, 0.2) is 0 Å². The standard InChI is InChI=1S/C12H15Cl2NO2/c13-9-4-2-1-3-5-10(9)15-12(16)8-6-7-17-11(8)14/h6-7,9-10H,1-5H2,(H,15,16). The fourth-order valence-corrected chi connectivity index (χ4v) is 2.67. The van der Waals surface area contributed by atoms with Crippen LogP contribution in [0, 0.1) is 0 Å². The van der Waals surface area contributed by atoms with Crippen LogP contribution in [0.3, 0.4) is 0 Å². The van der Waals surface area contributed by atoms with Crippen LogP contribution in [-0.4, -0.2) is 17.3 Å². The van der Waals surface area contributed by atoms with Crippen LogP contribution < -0.4 is 5.32 Å². The lowest BCUT2D eigenvalue weighted by Gasteiger charge is -2.20. The van der Waals surface area contributed by atoms with E-state index in [0.29, 0.717) is 5.56 Å². The molecule has 1 heterocycles. The maximum atomic E-state index is 11.9. The van der Waals surface area contributed by atoms with Crippen molar-refractivity contribution in [2.45, 2.75) is 43.5 Å². The van der Waals surface area contributed by atoms with Crippen LogP contribution in [0.15, 0.2) is 16.7 Å². The van der Waals surface area contributed by atoms with Gasteiger partial charge in [-0.2, -0.15) is 0 Å². The highest BCUT2D eigenvalue weighted by Crippen LogP contribution is 2.23. The summed E-state index contributed by atoms with van der Waals surface area (Å²) in [5.74, 6) is -0.207. The average molecular weight is 276 g/mol. The predicted molar refractivity (Wildman–Crippen MR) is 67.7 cm³/mol. The Kier molecular flexibility index (Phi) is 4.35. The first-order chi connectivity index (χ1) is 8.18. The second kappa shape index (κ2) is 5.78. The third-order valence-corrected chi connectivity index (χ3v) is 3.93. The summed E-state index contributed by atoms with van der Waals surface area (Å²) in [4.78, 5) is 11.9. The first-order valence-electron chi connectivity index (χ1n) is 5.86. The minimum atomic E-state index is -0.207. The molecule has 1 aliphatic rings. The largest absolute Gasteiger partial charge is 0.452 e. The number of carbonyl (C=O) groups is 1. The number of alkyl halides is 1. The molecule has 1 saturated carbocycles. The van der Waals surface area contributed by atoms with Crippen molar-refractivity contribution in [3.05, 3.63) is 23.1 Å². The summed E-state index contributed by atoms with van der Waals surface area (Å²) in [7, 11) is 0. The highest BCUT2D eigenvalue weighted by Gasteiger charge is 2.24. The quantitative estimate of drug-likeness (QED) is 0.662. The number of nitrogens with one attached hydrogen (secondary N) is 1. The molecule has 0 radical (unpaired) electrons. The zero-order valence-corrected chi connectivity index (χ0v) is 10.9. The molecule has 2 atom stereocenters. The molecule has 2 rings (SSSR count). The molecule has 0 spiro atoms. The zero-order chi connectivity index (χ0) is 12.3. The van der Waals surface area contributed by atoms with Crippen molar-refractivity contribution in [3.8, 4) is 0 Å². The van der Waals surface area contributed by atoms with Gasteiger partial charge in [0.25, 0.3) is 5.91 Å². The van der Waals surface area contributed by atoms with Gasteiger partial charge in [-0.1, -0.05) is 19.3 Å². The molecule has 0 aromatic carbocycles. The minimum Gasteiger partial charge on any atom is -0.452 e. The van der Waals surface area contributed by atoms with Gasteiger partial charge in [-0.3, -0.25) is 4.79 Å². The topological polar surface area (TPSA) is 42.2 Å². The SMILES string of the molecule is O=C(NC1CCCCCC1Cl)c1ccoc1Cl. The highest BCUT2D eigenvalue weighted by molar-refractivity contribution is 6.32. The first-order valence-corrected chi connectivity index (χ1v) is 6.68. The summed E-state index contributed by atoms with van der Waals surface area (Å²) in [5.41, 5.74) is 0.375. The molecule has 94 valence electrons. The molecular formula is C12H15Cl2NO2. The van der Waals surface area contributed by atoms with E-state index >= 15 is 0 Å². The van der Waals surface area contributed by atoms with Crippen LogP contribution >= 0.6 is 23.2 Å². The molecule has 5 heteroatoms. The summed E-state index contributed by atoms with van der Waals surface area (Å²) in [6.45, 7) is 0. The summed E-state index contributed by atoms with van der Waals surface area (Å²) < 4.78 is 4.90. The third-order valence-electron chi connectivity index (χ3n) is 3.11. The Balaban J connectivity index is 2.00. The molecule has 0 saturated heterocycles. The van der Waals surface area contributed by atoms with Crippen LogP contribution in [0.25, 0.3) is 0 Å². The van der Waals surface area contributed by atoms with E-state index in [1.807, 2.05) is 0 Å². The number of hydrogen-bond donors (Lipinski definition) is 1. The van der Waals surface area contributed by atoms with Gasteiger partial charge in [0.05, 0.1) is 17.2 Å². The van der Waals surface area contributed by atoms with E-state index < -0.39 is 0 Å². The van der Waals surface area contributed by atoms with Gasteiger partial charge in [-0.15, -0.1) is 11.6 Å². The molecule has 1 aromatic heterocycles. The molecule has 0 bridgehead atoms. The minimum absolute atomic E-state index is 0.00660. The number of amides is 1. The van der Waals surface area contributed by atoms with Gasteiger partial charge >= 0.3 is 0 Å². The van der Waals surface area contributed by atoms with Crippen molar-refractivity contribution in [2.24, 2.45) is 0 Å². The molecule has 0 aliphatic heterocycles. The maximum absolute atomic E-state index is 11.9. The number of halogens is 2. The zero-order valence-electron chi connectivity index (χ0n) is 9.42. The Morgan fingerprint density at radius 3 is 2.82 bits per heavy atom. The summed E-state index contributed by atoms with van der Waals surface area (Å²) in [6, 6.07) is 1.59. The normalized spacial score (nSPS) is 25.3. The van der Waals surface area contributed by atoms with E-state index in [-0.39, 0.29) is 22.5 Å². The molecule has 1 aliphatic carbocycles. The summed E-state index contributed by atoms with van der Waals surface area (Å²) in [5, 5.41) is 3.07. The fourth-order valence-electron chi connectivity index (χ4n) is 2.13. The van der Waals surface area contributed by atoms with Crippen molar-refractivity contribution in [3.63, 3.8) is 0 Å². The van der Waals surface area contributed by atoms with E-state index in [0.717, 1.165) is 25.7 Å². The molecule has 1 amide bonds. The molecule has 17 heavy (non-hydrogen) atoms. The van der Waals surface area contributed by atoms with Gasteiger partial charge < -0.3 is 9.73 Å². The fraction of sp³-hybridized carbons (Fsp3) is 0.583. The van der Waals surface area contributed by atoms with Crippen LogP contribution in [0.2, 0.25) is 5.22 Å². The van der Waals surface area contributed by atoms with Crippen molar-refractivity contribution in [2.75, 3.05) is 0 Å². The van der Waals surface area contributed by atoms with Crippen LogP contribution in [0.5, 0.6) is 0 Å². The Morgan fingerprint density at radius 1 is 1.35 bits per heavy atom. The van der Waals surface area contributed by atoms with Crippen molar-refractivity contribution in [1.82, 2.24) is 5.32 Å². The number of furan rings is 1. The lowest BCUT2D eigenvalue weighted by Crippen LogP contribution is -2.40. The lowest BCUT2D eigenvalue weighted by atomic mass is 10.1. The molecular weight excluding hydrogens is 261 g/mol. The van der Waals surface area contributed by atoms with Crippen LogP contribution in [0.4, 0.5) is 0 Å². The highest BCUT2D eigenvalue weighted by atomic mass is 35.5. The third kappa shape index (κ3) is 3.17. The molecule has 3 nitrogen and oxygen atoms in total. The van der Waals surface area contributed by atoms with Gasteiger partial charge in [-0.05, 0) is 30.5 Å². The van der Waals surface area contributed by atoms with Gasteiger partial charge in [0, 0.05) is 6.04 Å². The summed E-state index contributed by atoms with van der Waals surface area (Å²) in [6.07, 6.45) is 6.70. The van der Waals surface area contributed by atoms with E-state index in [2.05, 4.69) is 5.32 Å². The Labute approximate surface area is 110 Å². The van der Waals surface area contributed by atoms with Gasteiger partial charge in [-0.25, -0.2) is 0 Å². The first kappa shape index (κ1) is 12.8. The smallest absolute Gasteiger partial charge is 0.256 e. The Bertz CT molecular complexity index is 392. The van der Waals surface area contributed by atoms with Crippen molar-refractivity contribution >= 4 is 29.1 Å². The second-order valence-electron chi connectivity index (χ2n) is 4.34. The van der Waals surface area contributed by atoms with E-state index in [9.17, 15) is 4.79 Å². The maximum Gasteiger partial charge on any atom is 0.256 e. The van der Waals surface area contributed by atoms with Crippen molar-refractivity contribution < 1.29 is 9.21 Å². The Hall–Kier alpha value is -0.670. The average Bonchev–Trinajstić information content (AvgIpc) is 2.63. The number of hydrogen-bond acceptors (Lipinski definition) is 2. The molecule has 1 aromatic rings. The molecule has 1 fully saturated rings. The second-order valence-corrected chi connectivity index (χ2v) is 5.25. The summed E-state index contributed by atoms with van der Waals surface area (Å²) >= 11 is 12.0. The number of carbonyl (C=O) groups excluding carboxylic acids is 1. The van der Waals surface area contributed by atoms with Crippen molar-refractivity contribution in [1.29, 1.82) is 0 Å². The van der Waals surface area contributed by atoms with Crippen LogP contribution in [-0.2, 0) is 0 Å². The van der Waals surface area contributed by atoms with Gasteiger partial charge in [0.2, 0.25) is 5.22 Å². The van der Waals surface area contributed by atoms with E-state index in [1.165, 1.54) is 12.7 Å². The number of rotatable bonds is 2. The Morgan fingerprint density at radius 2 is 2.12 bits per heavy atom. The van der Waals surface area contributed by atoms with Crippen LogP contribution in [0.1, 0.15) is 42.5 Å². The van der Waals surface area contributed by atoms with E-state index in [4.69, 9.17) is 27.6 Å². The predicted octanol–water partition coefficient (Wildman–Crippen LogP) is 3.60. The van der Waals surface area contributed by atoms with E-state index in [1.54, 1.807) is 6.07 Å². The molecule has 1 N–H and O–H groups in total. The molecule has 2 unspecified atom stereocenters. The lowest BCUT2D eigenvalue weighted by molar-refractivity contribution is 0.0933.